The number of hydrogen-bond donors (Lipinski definition) is 1. The lowest BCUT2D eigenvalue weighted by Crippen LogP contribution is -2.51. The molecule has 1 saturated carbocycles. The van der Waals surface area contributed by atoms with Gasteiger partial charge in [-0.25, -0.2) is 13.1 Å². The highest BCUT2D eigenvalue weighted by Crippen LogP contribution is 2.47. The van der Waals surface area contributed by atoms with Crippen molar-refractivity contribution in [3.8, 4) is 5.75 Å². The number of nitrogens with one attached hydrogen (secondary N) is 1. The van der Waals surface area contributed by atoms with Crippen molar-refractivity contribution in [2.75, 3.05) is 43.6 Å². The van der Waals surface area contributed by atoms with E-state index in [9.17, 15) is 13.2 Å². The first-order valence-electron chi connectivity index (χ1n) is 14.9. The number of nitrogens with zero attached hydrogens (tertiary/aromatic N) is 1. The van der Waals surface area contributed by atoms with Crippen LogP contribution in [0.4, 0.5) is 5.69 Å². The monoisotopic (exact) mass is 600 g/mol. The molecule has 5 atom stereocenters. The van der Waals surface area contributed by atoms with Crippen LogP contribution in [0.5, 0.6) is 5.75 Å². The number of carbonyl (C=O) groups is 1. The molecule has 220 valence electrons. The number of benzene rings is 2. The maximum atomic E-state index is 13.2. The smallest absolute Gasteiger partial charge is 0.264 e. The number of ether oxygens (including phenoxy) is 3. The number of carbonyl (C=O) groups excluding carboxylic acids is 1. The molecule has 5 aliphatic rings. The minimum atomic E-state index is -3.86. The fraction of sp³-hybridized carbons (Fsp3) is 0.581. The van der Waals surface area contributed by atoms with Gasteiger partial charge in [-0.15, -0.1) is 0 Å². The predicted molar refractivity (Wildman–Crippen MR) is 156 cm³/mol. The van der Waals surface area contributed by atoms with Gasteiger partial charge >= 0.3 is 0 Å². The molecule has 0 radical (unpaired) electrons. The van der Waals surface area contributed by atoms with Gasteiger partial charge in [0.25, 0.3) is 5.91 Å². The Hall–Kier alpha value is -2.33. The summed E-state index contributed by atoms with van der Waals surface area (Å²) in [4.78, 5) is 15.6. The second kappa shape index (κ2) is 10.7. The maximum Gasteiger partial charge on any atom is 0.264 e. The Bertz CT molecular complexity index is 1450. The second-order valence-electron chi connectivity index (χ2n) is 12.5. The van der Waals surface area contributed by atoms with Crippen LogP contribution >= 0.6 is 11.6 Å². The highest BCUT2D eigenvalue weighted by molar-refractivity contribution is 7.90. The number of fused-ring (bicyclic) bond motifs is 7. The van der Waals surface area contributed by atoms with Crippen LogP contribution < -0.4 is 14.4 Å². The van der Waals surface area contributed by atoms with Crippen molar-refractivity contribution in [2.24, 2.45) is 11.8 Å². The summed E-state index contributed by atoms with van der Waals surface area (Å²) in [5.41, 5.74) is 3.49. The molecule has 10 heteroatoms. The van der Waals surface area contributed by atoms with Crippen molar-refractivity contribution < 1.29 is 27.4 Å². The lowest BCUT2D eigenvalue weighted by Gasteiger charge is -2.47. The molecule has 1 amide bonds. The van der Waals surface area contributed by atoms with Gasteiger partial charge in [0.05, 0.1) is 36.9 Å². The molecular weight excluding hydrogens is 564 g/mol. The third kappa shape index (κ3) is 5.35. The van der Waals surface area contributed by atoms with Gasteiger partial charge < -0.3 is 19.1 Å². The van der Waals surface area contributed by atoms with E-state index in [0.717, 1.165) is 74.5 Å². The van der Waals surface area contributed by atoms with Crippen molar-refractivity contribution in [2.45, 2.75) is 62.6 Å². The number of amides is 1. The molecule has 3 heterocycles. The van der Waals surface area contributed by atoms with Crippen molar-refractivity contribution in [1.82, 2.24) is 4.72 Å². The minimum absolute atomic E-state index is 0.0337. The molecule has 8 nitrogen and oxygen atoms in total. The lowest BCUT2D eigenvalue weighted by molar-refractivity contribution is -0.115. The first-order chi connectivity index (χ1) is 19.8. The zero-order valence-electron chi connectivity index (χ0n) is 23.1. The van der Waals surface area contributed by atoms with Crippen LogP contribution in [-0.2, 0) is 31.3 Å². The molecule has 1 spiro atoms. The summed E-state index contributed by atoms with van der Waals surface area (Å²) in [6, 6.07) is 11.5. The zero-order chi connectivity index (χ0) is 28.2. The topological polar surface area (TPSA) is 94.2 Å². The summed E-state index contributed by atoms with van der Waals surface area (Å²) >= 11 is 6.40. The lowest BCUT2D eigenvalue weighted by atomic mass is 9.67. The van der Waals surface area contributed by atoms with E-state index < -0.39 is 15.9 Å². The summed E-state index contributed by atoms with van der Waals surface area (Å²) in [5.74, 6) is 0.691. The van der Waals surface area contributed by atoms with Crippen molar-refractivity contribution in [3.63, 3.8) is 0 Å². The van der Waals surface area contributed by atoms with Gasteiger partial charge in [0.1, 0.15) is 5.75 Å². The second-order valence-corrected chi connectivity index (χ2v) is 14.7. The Balaban J connectivity index is 1.28. The average molecular weight is 601 g/mol. The Morgan fingerprint density at radius 3 is 2.80 bits per heavy atom. The molecule has 7 rings (SSSR count). The first-order valence-corrected chi connectivity index (χ1v) is 16.9. The largest absolute Gasteiger partial charge is 0.490 e. The number of halogens is 1. The van der Waals surface area contributed by atoms with Gasteiger partial charge in [-0.2, -0.15) is 0 Å². The molecule has 41 heavy (non-hydrogen) atoms. The van der Waals surface area contributed by atoms with E-state index in [1.807, 2.05) is 12.1 Å². The molecule has 2 aromatic rings. The van der Waals surface area contributed by atoms with Gasteiger partial charge in [-0.1, -0.05) is 17.7 Å². The summed E-state index contributed by atoms with van der Waals surface area (Å²) in [7, 11) is -3.86. The average Bonchev–Trinajstić information content (AvgIpc) is 3.07. The normalized spacial score (nSPS) is 32.9. The number of hydrogen-bond acceptors (Lipinski definition) is 7. The van der Waals surface area contributed by atoms with Gasteiger partial charge in [-0.05, 0) is 91.8 Å². The van der Waals surface area contributed by atoms with Crippen LogP contribution in [0.3, 0.4) is 0 Å². The Labute approximate surface area is 246 Å². The van der Waals surface area contributed by atoms with Crippen LogP contribution in [0, 0.1) is 11.8 Å². The van der Waals surface area contributed by atoms with E-state index in [1.54, 1.807) is 12.1 Å². The van der Waals surface area contributed by atoms with Crippen LogP contribution in [0.25, 0.3) is 0 Å². The summed E-state index contributed by atoms with van der Waals surface area (Å²) in [6.45, 7) is 2.77. The Kier molecular flexibility index (Phi) is 7.20. The molecule has 3 aliphatic heterocycles. The molecule has 2 fully saturated rings. The fourth-order valence-electron chi connectivity index (χ4n) is 7.67. The van der Waals surface area contributed by atoms with E-state index >= 15 is 0 Å². The molecular formula is C31H37ClN2O6S. The standard InChI is InChI=1S/C31H37ClN2O6S/c32-23-5-7-26-20(14-23)2-1-10-31(26)18-34-17-22-3-6-25(22)29-16-24(9-11-39-29)38-12-13-41(36,37)33-30(35)21-4-8-28(40-19-31)27(34)15-21/h4-5,7-8,14-15,22,24-25,29H,1-3,6,9-13,16-19H2,(H,33,35)/t22-,24-,25+,29-,31-/m0/s1. The number of sulfonamides is 1. The number of rotatable bonds is 0. The molecule has 1 saturated heterocycles. The van der Waals surface area contributed by atoms with Gasteiger partial charge in [-0.3, -0.25) is 4.79 Å². The Morgan fingerprint density at radius 1 is 1.05 bits per heavy atom. The summed E-state index contributed by atoms with van der Waals surface area (Å²) < 4.78 is 46.6. The number of anilines is 1. The Morgan fingerprint density at radius 2 is 1.95 bits per heavy atom. The van der Waals surface area contributed by atoms with Crippen LogP contribution in [0.15, 0.2) is 36.4 Å². The van der Waals surface area contributed by atoms with Crippen LogP contribution in [0.2, 0.25) is 5.02 Å². The minimum Gasteiger partial charge on any atom is -0.490 e. The molecule has 0 aromatic heterocycles. The van der Waals surface area contributed by atoms with Crippen LogP contribution in [0.1, 0.15) is 60.0 Å². The van der Waals surface area contributed by atoms with E-state index in [4.69, 9.17) is 25.8 Å². The highest BCUT2D eigenvalue weighted by Gasteiger charge is 2.45. The van der Waals surface area contributed by atoms with Gasteiger partial charge in [0, 0.05) is 42.1 Å². The highest BCUT2D eigenvalue weighted by atomic mass is 35.5. The van der Waals surface area contributed by atoms with Crippen molar-refractivity contribution in [3.05, 3.63) is 58.1 Å². The quantitative estimate of drug-likeness (QED) is 0.477. The summed E-state index contributed by atoms with van der Waals surface area (Å²) in [6.07, 6.45) is 6.89. The molecule has 2 aliphatic carbocycles. The van der Waals surface area contributed by atoms with Crippen molar-refractivity contribution >= 4 is 33.2 Å². The fourth-order valence-corrected chi connectivity index (χ4v) is 8.68. The van der Waals surface area contributed by atoms with Gasteiger partial charge in [0.15, 0.2) is 0 Å². The van der Waals surface area contributed by atoms with Crippen molar-refractivity contribution in [1.29, 1.82) is 0 Å². The van der Waals surface area contributed by atoms with Gasteiger partial charge in [0.2, 0.25) is 10.0 Å². The van der Waals surface area contributed by atoms with Crippen LogP contribution in [-0.4, -0.2) is 65.2 Å². The third-order valence-electron chi connectivity index (χ3n) is 9.93. The number of aryl methyl sites for hydroxylation is 1. The molecule has 4 bridgehead atoms. The maximum absolute atomic E-state index is 13.2. The molecule has 0 unspecified atom stereocenters. The van der Waals surface area contributed by atoms with E-state index in [0.29, 0.717) is 30.6 Å². The van der Waals surface area contributed by atoms with E-state index in [2.05, 4.69) is 21.8 Å². The predicted octanol–water partition coefficient (Wildman–Crippen LogP) is 4.48. The van der Waals surface area contributed by atoms with E-state index in [1.165, 1.54) is 11.1 Å². The third-order valence-corrected chi connectivity index (χ3v) is 11.4. The van der Waals surface area contributed by atoms with E-state index in [-0.39, 0.29) is 30.0 Å². The zero-order valence-corrected chi connectivity index (χ0v) is 24.7. The molecule has 1 N–H and O–H groups in total. The summed E-state index contributed by atoms with van der Waals surface area (Å²) in [5, 5.41) is 0.751. The SMILES string of the molecule is O=C1NS(=O)(=O)CCO[C@H]2CCO[C@@H](C2)[C@@H]2CC[C@H]2CN2C[C@@]3(CCCc4cc(Cl)ccc43)COc3ccc1cc32. The molecule has 2 aromatic carbocycles. The first kappa shape index (κ1) is 27.5.